The van der Waals surface area contributed by atoms with Gasteiger partial charge in [-0.15, -0.1) is 0 Å². The van der Waals surface area contributed by atoms with Crippen molar-refractivity contribution in [2.45, 2.75) is 86.2 Å². The highest BCUT2D eigenvalue weighted by Gasteiger charge is 2.24. The zero-order valence-electron chi connectivity index (χ0n) is 20.7. The average molecular weight is 450 g/mol. The van der Waals surface area contributed by atoms with Crippen molar-refractivity contribution >= 4 is 17.7 Å². The monoisotopic (exact) mass is 449 g/mol. The lowest BCUT2D eigenvalue weighted by Crippen LogP contribution is -2.53. The fourth-order valence-electron chi connectivity index (χ4n) is 2.39. The molecule has 31 heavy (non-hydrogen) atoms. The van der Waals surface area contributed by atoms with E-state index in [1.807, 2.05) is 41.5 Å². The van der Waals surface area contributed by atoms with E-state index in [0.717, 1.165) is 12.8 Å². The molecule has 4 N–H and O–H groups in total. The van der Waals surface area contributed by atoms with Crippen molar-refractivity contribution in [2.24, 2.45) is 0 Å². The maximum atomic E-state index is 12.4. The number of amides is 3. The summed E-state index contributed by atoms with van der Waals surface area (Å²) in [4.78, 5) is 36.0. The molecule has 3 amide bonds. The first kappa shape index (κ1) is 33.9. The molecule has 0 aliphatic rings. The maximum Gasteiger partial charge on any atom is 0.243 e. The molecular formula is C22H47N3O6. The third-order valence-electron chi connectivity index (χ3n) is 3.63. The molecule has 0 aliphatic carbocycles. The SMILES string of the molecule is CC.CC.CCCC(NC(C)=O)C(=O)NC(CCC)C(=O)NCCOCCOCCO. The highest BCUT2D eigenvalue weighted by atomic mass is 16.5. The van der Waals surface area contributed by atoms with Gasteiger partial charge in [0.15, 0.2) is 0 Å². The van der Waals surface area contributed by atoms with Crippen LogP contribution in [0.2, 0.25) is 0 Å². The van der Waals surface area contributed by atoms with Gasteiger partial charge in [-0.3, -0.25) is 14.4 Å². The van der Waals surface area contributed by atoms with Gasteiger partial charge in [-0.2, -0.15) is 0 Å². The van der Waals surface area contributed by atoms with Crippen LogP contribution in [0.5, 0.6) is 0 Å². The molecule has 2 atom stereocenters. The summed E-state index contributed by atoms with van der Waals surface area (Å²) in [5.74, 6) is -0.901. The van der Waals surface area contributed by atoms with Crippen molar-refractivity contribution < 1.29 is 29.0 Å². The Kier molecular flexibility index (Phi) is 28.8. The standard InChI is InChI=1S/C18H35N3O6.2C2H6/c1-4-6-15(21-18(25)16(7-5-2)20-14(3)23)17(24)19-8-10-26-12-13-27-11-9-22;2*1-2/h15-16,22H,4-13H2,1-3H3,(H,19,24)(H,20,23)(H,21,25);2*1-2H3. The minimum Gasteiger partial charge on any atom is -0.394 e. The molecule has 2 unspecified atom stereocenters. The number of nitrogens with one attached hydrogen (secondary N) is 3. The van der Waals surface area contributed by atoms with E-state index in [4.69, 9.17) is 14.6 Å². The lowest BCUT2D eigenvalue weighted by atomic mass is 10.1. The van der Waals surface area contributed by atoms with Gasteiger partial charge in [-0.1, -0.05) is 54.4 Å². The van der Waals surface area contributed by atoms with E-state index in [1.54, 1.807) is 0 Å². The lowest BCUT2D eigenvalue weighted by Gasteiger charge is -2.22. The zero-order valence-corrected chi connectivity index (χ0v) is 20.7. The third kappa shape index (κ3) is 21.3. The summed E-state index contributed by atoms with van der Waals surface area (Å²) in [5.41, 5.74) is 0. The van der Waals surface area contributed by atoms with Crippen molar-refractivity contribution in [3.05, 3.63) is 0 Å². The van der Waals surface area contributed by atoms with Gasteiger partial charge in [0, 0.05) is 13.5 Å². The first-order chi connectivity index (χ1) is 15.0. The second-order valence-corrected chi connectivity index (χ2v) is 6.13. The predicted molar refractivity (Wildman–Crippen MR) is 124 cm³/mol. The van der Waals surface area contributed by atoms with Crippen LogP contribution in [-0.4, -0.2) is 74.5 Å². The molecule has 9 heteroatoms. The number of aliphatic hydroxyl groups excluding tert-OH is 1. The third-order valence-corrected chi connectivity index (χ3v) is 3.63. The van der Waals surface area contributed by atoms with Crippen molar-refractivity contribution in [2.75, 3.05) is 39.6 Å². The molecule has 0 spiro atoms. The summed E-state index contributed by atoms with van der Waals surface area (Å²) >= 11 is 0. The first-order valence-electron chi connectivity index (χ1n) is 11.6. The molecule has 0 aromatic carbocycles. The Bertz CT molecular complexity index is 435. The minimum atomic E-state index is -0.650. The van der Waals surface area contributed by atoms with Crippen LogP contribution in [0.1, 0.15) is 74.1 Å². The summed E-state index contributed by atoms with van der Waals surface area (Å²) in [6.07, 6.45) is 2.49. The van der Waals surface area contributed by atoms with E-state index in [2.05, 4.69) is 16.0 Å². The smallest absolute Gasteiger partial charge is 0.243 e. The number of hydrogen-bond donors (Lipinski definition) is 4. The summed E-state index contributed by atoms with van der Waals surface area (Å²) < 4.78 is 10.4. The van der Waals surface area contributed by atoms with Crippen LogP contribution in [-0.2, 0) is 23.9 Å². The van der Waals surface area contributed by atoms with Crippen LogP contribution in [0, 0.1) is 0 Å². The molecule has 0 radical (unpaired) electrons. The number of carbonyl (C=O) groups is 3. The van der Waals surface area contributed by atoms with E-state index < -0.39 is 12.1 Å². The topological polar surface area (TPSA) is 126 Å². The lowest BCUT2D eigenvalue weighted by molar-refractivity contribution is -0.132. The summed E-state index contributed by atoms with van der Waals surface area (Å²) in [6, 6.07) is -1.29. The molecule has 186 valence electrons. The second-order valence-electron chi connectivity index (χ2n) is 6.13. The first-order valence-corrected chi connectivity index (χ1v) is 11.6. The predicted octanol–water partition coefficient (Wildman–Crippen LogP) is 1.77. The normalized spacial score (nSPS) is 11.6. The van der Waals surface area contributed by atoms with Gasteiger partial charge in [0.25, 0.3) is 0 Å². The van der Waals surface area contributed by atoms with Crippen molar-refractivity contribution in [1.82, 2.24) is 16.0 Å². The van der Waals surface area contributed by atoms with Crippen LogP contribution >= 0.6 is 0 Å². The van der Waals surface area contributed by atoms with E-state index in [-0.39, 0.29) is 30.9 Å². The molecule has 0 aromatic heterocycles. The Morgan fingerprint density at radius 1 is 0.774 bits per heavy atom. The highest BCUT2D eigenvalue weighted by molar-refractivity contribution is 5.91. The number of rotatable bonds is 16. The van der Waals surface area contributed by atoms with Gasteiger partial charge in [0.1, 0.15) is 12.1 Å². The van der Waals surface area contributed by atoms with E-state index in [0.29, 0.717) is 39.2 Å². The van der Waals surface area contributed by atoms with Crippen LogP contribution in [0.15, 0.2) is 0 Å². The Hall–Kier alpha value is -1.71. The fraction of sp³-hybridized carbons (Fsp3) is 0.864. The Labute approximate surface area is 189 Å². The van der Waals surface area contributed by atoms with Crippen LogP contribution < -0.4 is 16.0 Å². The fourth-order valence-corrected chi connectivity index (χ4v) is 2.39. The number of carbonyl (C=O) groups excluding carboxylic acids is 3. The Morgan fingerprint density at radius 2 is 1.26 bits per heavy atom. The van der Waals surface area contributed by atoms with Gasteiger partial charge in [0.2, 0.25) is 17.7 Å². The summed E-state index contributed by atoms with van der Waals surface area (Å²) in [6.45, 7) is 14.9. The van der Waals surface area contributed by atoms with Gasteiger partial charge in [0.05, 0.1) is 33.0 Å². The molecule has 0 saturated heterocycles. The van der Waals surface area contributed by atoms with Crippen molar-refractivity contribution in [3.63, 3.8) is 0 Å². The van der Waals surface area contributed by atoms with Gasteiger partial charge < -0.3 is 30.5 Å². The van der Waals surface area contributed by atoms with Crippen molar-refractivity contribution in [3.8, 4) is 0 Å². The van der Waals surface area contributed by atoms with Gasteiger partial charge >= 0.3 is 0 Å². The minimum absolute atomic E-state index is 0.0261. The molecule has 0 aromatic rings. The van der Waals surface area contributed by atoms with Crippen molar-refractivity contribution in [1.29, 1.82) is 0 Å². The summed E-state index contributed by atoms with van der Waals surface area (Å²) in [7, 11) is 0. The van der Waals surface area contributed by atoms with E-state index in [1.165, 1.54) is 6.92 Å². The molecular weight excluding hydrogens is 402 g/mol. The second kappa shape index (κ2) is 26.3. The maximum absolute atomic E-state index is 12.4. The number of hydrogen-bond acceptors (Lipinski definition) is 6. The molecule has 0 fully saturated rings. The quantitative estimate of drug-likeness (QED) is 0.266. The Morgan fingerprint density at radius 3 is 1.71 bits per heavy atom. The molecule has 0 rings (SSSR count). The van der Waals surface area contributed by atoms with Crippen LogP contribution in [0.4, 0.5) is 0 Å². The van der Waals surface area contributed by atoms with Gasteiger partial charge in [-0.25, -0.2) is 0 Å². The van der Waals surface area contributed by atoms with E-state index in [9.17, 15) is 14.4 Å². The highest BCUT2D eigenvalue weighted by Crippen LogP contribution is 2.02. The molecule has 0 aliphatic heterocycles. The van der Waals surface area contributed by atoms with E-state index >= 15 is 0 Å². The van der Waals surface area contributed by atoms with Crippen LogP contribution in [0.3, 0.4) is 0 Å². The number of aliphatic hydroxyl groups is 1. The largest absolute Gasteiger partial charge is 0.394 e. The summed E-state index contributed by atoms with van der Waals surface area (Å²) in [5, 5.41) is 16.7. The van der Waals surface area contributed by atoms with Gasteiger partial charge in [-0.05, 0) is 12.8 Å². The molecule has 0 saturated carbocycles. The Balaban J connectivity index is -0.00000184. The molecule has 0 bridgehead atoms. The zero-order chi connectivity index (χ0) is 24.5. The average Bonchev–Trinajstić information content (AvgIpc) is 2.77. The van der Waals surface area contributed by atoms with Crippen LogP contribution in [0.25, 0.3) is 0 Å². The molecule has 9 nitrogen and oxygen atoms in total. The number of ether oxygens (including phenoxy) is 2. The molecule has 0 heterocycles.